The number of benzene rings is 1. The number of hydrogen-bond acceptors (Lipinski definition) is 4. The van der Waals surface area contributed by atoms with E-state index in [1.54, 1.807) is 18.2 Å². The van der Waals surface area contributed by atoms with Crippen LogP contribution < -0.4 is 0 Å². The minimum Gasteiger partial charge on any atom is -0.463 e. The molecular weight excluding hydrogens is 318 g/mol. The Bertz CT molecular complexity index is 649. The summed E-state index contributed by atoms with van der Waals surface area (Å²) in [6.07, 6.45) is -0.148. The van der Waals surface area contributed by atoms with Crippen LogP contribution in [0.1, 0.15) is 37.8 Å². The van der Waals surface area contributed by atoms with Gasteiger partial charge in [0.2, 0.25) is 0 Å². The molecule has 130 valence electrons. The van der Waals surface area contributed by atoms with Crippen molar-refractivity contribution in [2.24, 2.45) is 0 Å². The predicted octanol–water partition coefficient (Wildman–Crippen LogP) is 3.54. The number of carbonyl (C=O) groups excluding carboxylic acids is 2. The van der Waals surface area contributed by atoms with Crippen molar-refractivity contribution in [2.75, 3.05) is 13.2 Å². The monoisotopic (exact) mass is 338 g/mol. The van der Waals surface area contributed by atoms with Crippen molar-refractivity contribution in [1.82, 2.24) is 0 Å². The fourth-order valence-electron chi connectivity index (χ4n) is 2.73. The molecule has 1 aliphatic rings. The van der Waals surface area contributed by atoms with Crippen LogP contribution in [-0.2, 0) is 25.5 Å². The van der Waals surface area contributed by atoms with E-state index >= 15 is 4.39 Å². The number of aryl methyl sites for hydroxylation is 1. The van der Waals surface area contributed by atoms with Crippen LogP contribution in [0.4, 0.5) is 8.78 Å². The summed E-state index contributed by atoms with van der Waals surface area (Å²) in [6.45, 7) is 2.81. The molecule has 0 fully saturated rings. The van der Waals surface area contributed by atoms with Crippen LogP contribution in [0, 0.1) is 0 Å². The number of hydrogen-bond donors (Lipinski definition) is 0. The second-order valence-electron chi connectivity index (χ2n) is 5.46. The number of allylic oxidation sites excluding steroid dienone is 2. The first-order valence-electron chi connectivity index (χ1n) is 7.93. The van der Waals surface area contributed by atoms with Gasteiger partial charge >= 0.3 is 17.6 Å². The highest BCUT2D eigenvalue weighted by Gasteiger charge is 2.51. The highest BCUT2D eigenvalue weighted by atomic mass is 19.1. The van der Waals surface area contributed by atoms with Gasteiger partial charge in [0, 0.05) is 12.8 Å². The van der Waals surface area contributed by atoms with Crippen LogP contribution in [0.2, 0.25) is 0 Å². The van der Waals surface area contributed by atoms with E-state index in [2.05, 4.69) is 9.47 Å². The second-order valence-corrected chi connectivity index (χ2v) is 5.46. The van der Waals surface area contributed by atoms with Crippen molar-refractivity contribution < 1.29 is 27.8 Å². The average molecular weight is 338 g/mol. The van der Waals surface area contributed by atoms with E-state index in [0.29, 0.717) is 12.0 Å². The van der Waals surface area contributed by atoms with Crippen molar-refractivity contribution in [3.8, 4) is 0 Å². The molecule has 1 aromatic carbocycles. The standard InChI is InChI=1S/C18H20F2O4/c1-3-23-16(21)18(20,17(22)24-4-2)11-14-13-8-6-5-7-12(13)9-10-15(14)19/h5-8H,3-4,9-11H2,1-2H3. The first-order valence-corrected chi connectivity index (χ1v) is 7.93. The van der Waals surface area contributed by atoms with Gasteiger partial charge in [-0.2, -0.15) is 0 Å². The molecule has 0 saturated carbocycles. The summed E-state index contributed by atoms with van der Waals surface area (Å²) < 4.78 is 39.0. The van der Waals surface area contributed by atoms with Gasteiger partial charge in [-0.15, -0.1) is 0 Å². The van der Waals surface area contributed by atoms with Crippen molar-refractivity contribution >= 4 is 17.5 Å². The zero-order valence-electron chi connectivity index (χ0n) is 13.7. The third kappa shape index (κ3) is 3.47. The van der Waals surface area contributed by atoms with Crippen LogP contribution in [0.3, 0.4) is 0 Å². The topological polar surface area (TPSA) is 52.6 Å². The van der Waals surface area contributed by atoms with Crippen LogP contribution in [0.25, 0.3) is 5.57 Å². The minimum absolute atomic E-state index is 0.0143. The Morgan fingerprint density at radius 3 is 2.25 bits per heavy atom. The number of esters is 2. The van der Waals surface area contributed by atoms with Crippen molar-refractivity contribution in [1.29, 1.82) is 0 Å². The summed E-state index contributed by atoms with van der Waals surface area (Å²) in [5.74, 6) is -3.23. The van der Waals surface area contributed by atoms with Gasteiger partial charge in [0.15, 0.2) is 0 Å². The maximum absolute atomic E-state index is 15.3. The Morgan fingerprint density at radius 1 is 1.08 bits per heavy atom. The van der Waals surface area contributed by atoms with Gasteiger partial charge in [0.05, 0.1) is 13.2 Å². The molecule has 2 rings (SSSR count). The summed E-state index contributed by atoms with van der Waals surface area (Å²) in [5.41, 5.74) is -1.69. The molecule has 1 aliphatic carbocycles. The molecule has 0 unspecified atom stereocenters. The lowest BCUT2D eigenvalue weighted by Crippen LogP contribution is -2.45. The molecule has 0 spiro atoms. The molecule has 0 bridgehead atoms. The Morgan fingerprint density at radius 2 is 1.67 bits per heavy atom. The average Bonchev–Trinajstić information content (AvgIpc) is 2.57. The molecule has 1 aromatic rings. The Hall–Kier alpha value is -2.24. The van der Waals surface area contributed by atoms with Gasteiger partial charge < -0.3 is 9.47 Å². The van der Waals surface area contributed by atoms with E-state index < -0.39 is 29.9 Å². The summed E-state index contributed by atoms with van der Waals surface area (Å²) in [6, 6.07) is 6.97. The molecule has 0 aliphatic heterocycles. The van der Waals surface area contributed by atoms with E-state index in [0.717, 1.165) is 5.56 Å². The lowest BCUT2D eigenvalue weighted by molar-refractivity contribution is -0.173. The maximum Gasteiger partial charge on any atom is 0.356 e. The zero-order chi connectivity index (χ0) is 17.7. The number of fused-ring (bicyclic) bond motifs is 1. The molecule has 6 heteroatoms. The van der Waals surface area contributed by atoms with E-state index in [-0.39, 0.29) is 25.2 Å². The summed E-state index contributed by atoms with van der Waals surface area (Å²) in [4.78, 5) is 24.1. The summed E-state index contributed by atoms with van der Waals surface area (Å²) in [5, 5.41) is 0. The van der Waals surface area contributed by atoms with E-state index in [9.17, 15) is 14.0 Å². The van der Waals surface area contributed by atoms with Crippen molar-refractivity contribution in [3.63, 3.8) is 0 Å². The van der Waals surface area contributed by atoms with Gasteiger partial charge in [-0.3, -0.25) is 0 Å². The lowest BCUT2D eigenvalue weighted by Gasteiger charge is -2.26. The Kier molecular flexibility index (Phi) is 5.70. The first-order chi connectivity index (χ1) is 11.4. The normalized spacial score (nSPS) is 14.2. The molecule has 24 heavy (non-hydrogen) atoms. The highest BCUT2D eigenvalue weighted by Crippen LogP contribution is 2.39. The lowest BCUT2D eigenvalue weighted by atomic mass is 9.84. The smallest absolute Gasteiger partial charge is 0.356 e. The largest absolute Gasteiger partial charge is 0.463 e. The van der Waals surface area contributed by atoms with Crippen LogP contribution in [0.15, 0.2) is 30.1 Å². The number of alkyl halides is 1. The third-order valence-electron chi connectivity index (χ3n) is 3.90. The van der Waals surface area contributed by atoms with Crippen LogP contribution in [-0.4, -0.2) is 30.8 Å². The number of carbonyl (C=O) groups is 2. The molecule has 0 atom stereocenters. The quantitative estimate of drug-likeness (QED) is 0.588. The van der Waals surface area contributed by atoms with Crippen molar-refractivity contribution in [3.05, 3.63) is 41.2 Å². The fraction of sp³-hybridized carbons (Fsp3) is 0.444. The molecule has 0 amide bonds. The zero-order valence-corrected chi connectivity index (χ0v) is 13.7. The van der Waals surface area contributed by atoms with E-state index in [1.165, 1.54) is 13.8 Å². The van der Waals surface area contributed by atoms with Crippen molar-refractivity contribution in [2.45, 2.75) is 38.8 Å². The first kappa shape index (κ1) is 18.1. The second kappa shape index (κ2) is 7.55. The molecular formula is C18H20F2O4. The third-order valence-corrected chi connectivity index (χ3v) is 3.90. The highest BCUT2D eigenvalue weighted by molar-refractivity contribution is 6.05. The number of halogens is 2. The molecule has 0 aromatic heterocycles. The fourth-order valence-corrected chi connectivity index (χ4v) is 2.73. The number of ether oxygens (including phenoxy) is 2. The summed E-state index contributed by atoms with van der Waals surface area (Å²) >= 11 is 0. The minimum atomic E-state index is -3.07. The van der Waals surface area contributed by atoms with Gasteiger partial charge in [-0.25, -0.2) is 18.4 Å². The molecule has 0 saturated heterocycles. The maximum atomic E-state index is 15.3. The summed E-state index contributed by atoms with van der Waals surface area (Å²) in [7, 11) is 0. The van der Waals surface area contributed by atoms with Gasteiger partial charge in [-0.1, -0.05) is 24.3 Å². The molecule has 0 radical (unpaired) electrons. The Balaban J connectivity index is 2.42. The van der Waals surface area contributed by atoms with Gasteiger partial charge in [-0.05, 0) is 37.0 Å². The Labute approximate surface area is 139 Å². The van der Waals surface area contributed by atoms with Crippen LogP contribution in [0.5, 0.6) is 0 Å². The van der Waals surface area contributed by atoms with E-state index in [4.69, 9.17) is 0 Å². The molecule has 0 heterocycles. The predicted molar refractivity (Wildman–Crippen MR) is 84.5 cm³/mol. The van der Waals surface area contributed by atoms with Gasteiger partial charge in [0.1, 0.15) is 5.83 Å². The van der Waals surface area contributed by atoms with E-state index in [1.807, 2.05) is 6.07 Å². The van der Waals surface area contributed by atoms with Gasteiger partial charge in [0.25, 0.3) is 0 Å². The molecule has 0 N–H and O–H groups in total. The molecule has 4 nitrogen and oxygen atoms in total. The SMILES string of the molecule is CCOC(=O)C(F)(CC1=C(F)CCc2ccccc21)C(=O)OCC. The van der Waals surface area contributed by atoms with Crippen LogP contribution >= 0.6 is 0 Å². The number of rotatable bonds is 6.